The summed E-state index contributed by atoms with van der Waals surface area (Å²) < 4.78 is 37.0. The van der Waals surface area contributed by atoms with Crippen LogP contribution in [0, 0.1) is 17.2 Å². The van der Waals surface area contributed by atoms with Crippen LogP contribution in [-0.2, 0) is 41.5 Å². The standard InChI is InChI=1S/C44H45N4O9P/c1-29(2)25-39(44(52)54-4)47-42(50)38(46-41(49)35-21-17-32(27-45)18-22-35)26-31-19-23-36(24-20-31)56-58(53,57-40-16-10-14-34-13-8-9-15-37(34)40)48-30(3)43(51)55-28-33-11-6-5-7-12-33/h5-24,29-30,38-39H,25-26,28H2,1-4H3,(H,46,49)(H,47,50)(H,48,53)/t30-,38-,39-,58?/m0/s1. The topological polar surface area (TPSA) is 182 Å². The number of hydrogen-bond donors (Lipinski definition) is 3. The average Bonchev–Trinajstić information content (AvgIpc) is 3.22. The van der Waals surface area contributed by atoms with Gasteiger partial charge in [0, 0.05) is 17.4 Å². The predicted octanol–water partition coefficient (Wildman–Crippen LogP) is 7.04. The summed E-state index contributed by atoms with van der Waals surface area (Å²) in [5.41, 5.74) is 1.94. The summed E-state index contributed by atoms with van der Waals surface area (Å²) in [4.78, 5) is 52.7. The number of nitrogens with one attached hydrogen (secondary N) is 3. The van der Waals surface area contributed by atoms with Crippen LogP contribution in [0.15, 0.2) is 121 Å². The lowest BCUT2D eigenvalue weighted by Gasteiger charge is -2.24. The number of esters is 2. The molecule has 0 saturated heterocycles. The van der Waals surface area contributed by atoms with Crippen molar-refractivity contribution in [2.45, 2.75) is 58.3 Å². The zero-order chi connectivity index (χ0) is 41.7. The molecule has 0 bridgehead atoms. The molecule has 0 fully saturated rings. The molecule has 2 amide bonds. The number of carbonyl (C=O) groups excluding carboxylic acids is 4. The van der Waals surface area contributed by atoms with Crippen LogP contribution in [-0.4, -0.2) is 49.0 Å². The minimum atomic E-state index is -4.37. The molecular formula is C44H45N4O9P. The molecular weight excluding hydrogens is 759 g/mol. The van der Waals surface area contributed by atoms with Crippen molar-refractivity contribution in [3.8, 4) is 17.6 Å². The molecule has 58 heavy (non-hydrogen) atoms. The highest BCUT2D eigenvalue weighted by Crippen LogP contribution is 2.47. The number of rotatable bonds is 18. The number of fused-ring (bicyclic) bond motifs is 1. The lowest BCUT2D eigenvalue weighted by atomic mass is 10.0. The maximum absolute atomic E-state index is 14.6. The quantitative estimate of drug-likeness (QED) is 0.0610. The Labute approximate surface area is 337 Å². The highest BCUT2D eigenvalue weighted by atomic mass is 31.2. The zero-order valence-electron chi connectivity index (χ0n) is 32.5. The van der Waals surface area contributed by atoms with E-state index in [0.29, 0.717) is 22.9 Å². The van der Waals surface area contributed by atoms with Crippen molar-refractivity contribution in [2.24, 2.45) is 5.92 Å². The fourth-order valence-corrected chi connectivity index (χ4v) is 7.47. The summed E-state index contributed by atoms with van der Waals surface area (Å²) in [7, 11) is -3.14. The van der Waals surface area contributed by atoms with E-state index in [4.69, 9.17) is 23.8 Å². The number of hydrogen-bond acceptors (Lipinski definition) is 10. The molecule has 4 atom stereocenters. The van der Waals surface area contributed by atoms with E-state index in [1.807, 2.05) is 80.6 Å². The molecule has 300 valence electrons. The second-order valence-corrected chi connectivity index (χ2v) is 15.5. The van der Waals surface area contributed by atoms with Gasteiger partial charge < -0.3 is 29.2 Å². The molecule has 13 nitrogen and oxygen atoms in total. The van der Waals surface area contributed by atoms with E-state index in [1.165, 1.54) is 50.4 Å². The van der Waals surface area contributed by atoms with Gasteiger partial charge in [-0.2, -0.15) is 10.3 Å². The molecule has 0 spiro atoms. The number of amides is 2. The molecule has 0 aliphatic heterocycles. The highest BCUT2D eigenvalue weighted by Gasteiger charge is 2.35. The monoisotopic (exact) mass is 804 g/mol. The molecule has 5 aromatic rings. The second-order valence-electron chi connectivity index (χ2n) is 13.9. The molecule has 0 heterocycles. The summed E-state index contributed by atoms with van der Waals surface area (Å²) in [6.45, 7) is 5.30. The van der Waals surface area contributed by atoms with Gasteiger partial charge in [0.15, 0.2) is 0 Å². The van der Waals surface area contributed by atoms with Crippen LogP contribution in [0.2, 0.25) is 0 Å². The van der Waals surface area contributed by atoms with Crippen LogP contribution in [0.1, 0.15) is 54.2 Å². The first-order valence-electron chi connectivity index (χ1n) is 18.6. The molecule has 3 N–H and O–H groups in total. The Hall–Kier alpha value is -6.48. The van der Waals surface area contributed by atoms with Crippen molar-refractivity contribution in [1.82, 2.24) is 15.7 Å². The Morgan fingerprint density at radius 1 is 0.724 bits per heavy atom. The first-order chi connectivity index (χ1) is 27.9. The van der Waals surface area contributed by atoms with Gasteiger partial charge in [-0.25, -0.2) is 9.36 Å². The third-order valence-electron chi connectivity index (χ3n) is 8.89. The zero-order valence-corrected chi connectivity index (χ0v) is 33.4. The van der Waals surface area contributed by atoms with Crippen molar-refractivity contribution >= 4 is 42.3 Å². The maximum Gasteiger partial charge on any atom is 0.513 e. The molecule has 0 saturated carbocycles. The minimum absolute atomic E-state index is 0.0104. The van der Waals surface area contributed by atoms with Crippen molar-refractivity contribution in [1.29, 1.82) is 5.26 Å². The van der Waals surface area contributed by atoms with E-state index < -0.39 is 49.6 Å². The van der Waals surface area contributed by atoms with E-state index >= 15 is 0 Å². The van der Waals surface area contributed by atoms with Gasteiger partial charge in [0.05, 0.1) is 18.7 Å². The lowest BCUT2D eigenvalue weighted by Crippen LogP contribution is -2.53. The van der Waals surface area contributed by atoms with E-state index in [0.717, 1.165) is 10.9 Å². The summed E-state index contributed by atoms with van der Waals surface area (Å²) in [6, 6.07) is 32.7. The number of benzene rings is 5. The Morgan fingerprint density at radius 2 is 1.40 bits per heavy atom. The van der Waals surface area contributed by atoms with Gasteiger partial charge in [-0.05, 0) is 78.2 Å². The SMILES string of the molecule is COC(=O)[C@H](CC(C)C)NC(=O)[C@H](Cc1ccc(OP(=O)(N[C@@H](C)C(=O)OCc2ccccc2)Oc2cccc3ccccc23)cc1)NC(=O)c1ccc(C#N)cc1. The normalized spacial score (nSPS) is 13.5. The predicted molar refractivity (Wildman–Crippen MR) is 218 cm³/mol. The fraction of sp³-hybridized carbons (Fsp3) is 0.250. The first kappa shape index (κ1) is 42.7. The summed E-state index contributed by atoms with van der Waals surface area (Å²) in [5, 5.41) is 18.9. The van der Waals surface area contributed by atoms with Crippen molar-refractivity contribution in [3.05, 3.63) is 144 Å². The van der Waals surface area contributed by atoms with E-state index in [-0.39, 0.29) is 36.0 Å². The van der Waals surface area contributed by atoms with Crippen molar-refractivity contribution < 1.29 is 42.3 Å². The number of methoxy groups -OCH3 is 1. The van der Waals surface area contributed by atoms with Gasteiger partial charge in [0.1, 0.15) is 36.2 Å². The molecule has 0 aliphatic carbocycles. The lowest BCUT2D eigenvalue weighted by molar-refractivity contribution is -0.146. The van der Waals surface area contributed by atoms with Crippen LogP contribution in [0.25, 0.3) is 10.8 Å². The van der Waals surface area contributed by atoms with Gasteiger partial charge in [-0.15, -0.1) is 0 Å². The summed E-state index contributed by atoms with van der Waals surface area (Å²) in [5.74, 6) is -2.09. The van der Waals surface area contributed by atoms with Gasteiger partial charge in [-0.1, -0.05) is 92.7 Å². The summed E-state index contributed by atoms with van der Waals surface area (Å²) in [6.07, 6.45) is 0.287. The van der Waals surface area contributed by atoms with Crippen molar-refractivity contribution in [3.63, 3.8) is 0 Å². The third-order valence-corrected chi connectivity index (χ3v) is 10.5. The van der Waals surface area contributed by atoms with Crippen LogP contribution in [0.5, 0.6) is 11.5 Å². The first-order valence-corrected chi connectivity index (χ1v) is 20.1. The van der Waals surface area contributed by atoms with Gasteiger partial charge >= 0.3 is 19.7 Å². The molecule has 0 aromatic heterocycles. The highest BCUT2D eigenvalue weighted by molar-refractivity contribution is 7.52. The largest absolute Gasteiger partial charge is 0.513 e. The van der Waals surface area contributed by atoms with E-state index in [1.54, 1.807) is 24.3 Å². The van der Waals surface area contributed by atoms with E-state index in [2.05, 4.69) is 15.7 Å². The third kappa shape index (κ3) is 12.0. The Bertz CT molecular complexity index is 2290. The number of nitriles is 1. The Morgan fingerprint density at radius 3 is 2.07 bits per heavy atom. The van der Waals surface area contributed by atoms with E-state index in [9.17, 15) is 23.7 Å². The molecule has 1 unspecified atom stereocenters. The Kier molecular flexibility index (Phi) is 14.8. The van der Waals surface area contributed by atoms with Crippen LogP contribution in [0.3, 0.4) is 0 Å². The minimum Gasteiger partial charge on any atom is -0.467 e. The summed E-state index contributed by atoms with van der Waals surface area (Å²) >= 11 is 0. The fourth-order valence-electron chi connectivity index (χ4n) is 5.93. The van der Waals surface area contributed by atoms with Crippen molar-refractivity contribution in [2.75, 3.05) is 7.11 Å². The number of carbonyl (C=O) groups is 4. The molecule has 5 aromatic carbocycles. The Balaban J connectivity index is 1.37. The molecule has 0 aliphatic rings. The van der Waals surface area contributed by atoms with Gasteiger partial charge in [0.25, 0.3) is 5.91 Å². The van der Waals surface area contributed by atoms with Gasteiger partial charge in [-0.3, -0.25) is 14.4 Å². The smallest absolute Gasteiger partial charge is 0.467 e. The van der Waals surface area contributed by atoms with Crippen LogP contribution >= 0.6 is 7.75 Å². The van der Waals surface area contributed by atoms with Gasteiger partial charge in [0.2, 0.25) is 5.91 Å². The number of nitrogens with zero attached hydrogens (tertiary/aromatic N) is 1. The molecule has 0 radical (unpaired) electrons. The maximum atomic E-state index is 14.6. The number of ether oxygens (including phenoxy) is 2. The second kappa shape index (κ2) is 20.1. The van der Waals surface area contributed by atoms with Crippen LogP contribution in [0.4, 0.5) is 0 Å². The molecule has 5 rings (SSSR count). The van der Waals surface area contributed by atoms with Crippen LogP contribution < -0.4 is 24.8 Å². The average molecular weight is 805 g/mol. The molecule has 14 heteroatoms.